The van der Waals surface area contributed by atoms with Crippen molar-refractivity contribution in [3.63, 3.8) is 0 Å². The first kappa shape index (κ1) is 11.5. The van der Waals surface area contributed by atoms with Crippen LogP contribution in [0.2, 0.25) is 0 Å². The van der Waals surface area contributed by atoms with Crippen LogP contribution in [-0.2, 0) is 4.79 Å². The Balaban J connectivity index is 2.20. The molecule has 1 aliphatic carbocycles. The number of rotatable bonds is 5. The molecule has 0 spiro atoms. The second-order valence-electron chi connectivity index (χ2n) is 4.26. The molecule has 82 valence electrons. The van der Waals surface area contributed by atoms with Gasteiger partial charge in [-0.3, -0.25) is 4.79 Å². The van der Waals surface area contributed by atoms with Crippen LogP contribution >= 0.6 is 0 Å². The smallest absolute Gasteiger partial charge is 0.220 e. The van der Waals surface area contributed by atoms with E-state index in [4.69, 9.17) is 5.73 Å². The van der Waals surface area contributed by atoms with Crippen LogP contribution in [0, 0.1) is 5.92 Å². The van der Waals surface area contributed by atoms with Gasteiger partial charge in [0.1, 0.15) is 0 Å². The van der Waals surface area contributed by atoms with Crippen molar-refractivity contribution in [1.82, 2.24) is 5.32 Å². The van der Waals surface area contributed by atoms with Crippen molar-refractivity contribution in [2.75, 3.05) is 6.54 Å². The van der Waals surface area contributed by atoms with Gasteiger partial charge in [-0.1, -0.05) is 26.2 Å². The highest BCUT2D eigenvalue weighted by Gasteiger charge is 2.18. The van der Waals surface area contributed by atoms with Gasteiger partial charge in [0.2, 0.25) is 5.91 Å². The lowest BCUT2D eigenvalue weighted by Gasteiger charge is -2.15. The summed E-state index contributed by atoms with van der Waals surface area (Å²) in [4.78, 5) is 11.6. The maximum Gasteiger partial charge on any atom is 0.220 e. The summed E-state index contributed by atoms with van der Waals surface area (Å²) in [5.41, 5.74) is 5.56. The number of amides is 1. The average molecular weight is 198 g/mol. The maximum absolute atomic E-state index is 11.6. The molecule has 0 aromatic rings. The first-order valence-corrected chi connectivity index (χ1v) is 5.75. The van der Waals surface area contributed by atoms with Crippen molar-refractivity contribution in [2.45, 2.75) is 51.5 Å². The lowest BCUT2D eigenvalue weighted by atomic mass is 10.0. The summed E-state index contributed by atoms with van der Waals surface area (Å²) in [5, 5.41) is 3.08. The van der Waals surface area contributed by atoms with Crippen LogP contribution in [-0.4, -0.2) is 18.5 Å². The second kappa shape index (κ2) is 6.02. The third kappa shape index (κ3) is 3.66. The second-order valence-corrected chi connectivity index (χ2v) is 4.26. The molecule has 1 unspecified atom stereocenters. The summed E-state index contributed by atoms with van der Waals surface area (Å²) in [6.07, 6.45) is 6.44. The van der Waals surface area contributed by atoms with Crippen LogP contribution in [0.15, 0.2) is 0 Å². The van der Waals surface area contributed by atoms with E-state index in [-0.39, 0.29) is 5.91 Å². The van der Waals surface area contributed by atoms with Gasteiger partial charge in [0.05, 0.1) is 0 Å². The number of hydrogen-bond acceptors (Lipinski definition) is 2. The minimum absolute atomic E-state index is 0.189. The molecule has 1 amide bonds. The molecule has 14 heavy (non-hydrogen) atoms. The topological polar surface area (TPSA) is 55.1 Å². The van der Waals surface area contributed by atoms with E-state index in [1.807, 2.05) is 0 Å². The molecule has 1 saturated carbocycles. The van der Waals surface area contributed by atoms with Crippen molar-refractivity contribution in [2.24, 2.45) is 11.7 Å². The standard InChI is InChI=1S/C11H22N2O/c1-2-9(8-12)7-11(14)13-10-5-3-4-6-10/h9-10H,2-8,12H2,1H3,(H,13,14). The summed E-state index contributed by atoms with van der Waals surface area (Å²) in [6.45, 7) is 2.70. The maximum atomic E-state index is 11.6. The minimum atomic E-state index is 0.189. The Hall–Kier alpha value is -0.570. The van der Waals surface area contributed by atoms with E-state index >= 15 is 0 Å². The Morgan fingerprint density at radius 3 is 2.64 bits per heavy atom. The molecule has 0 aromatic heterocycles. The molecule has 0 aromatic carbocycles. The molecule has 0 aliphatic heterocycles. The van der Waals surface area contributed by atoms with E-state index in [1.54, 1.807) is 0 Å². The number of carbonyl (C=O) groups excluding carboxylic acids is 1. The van der Waals surface area contributed by atoms with Gasteiger partial charge in [-0.25, -0.2) is 0 Å². The third-order valence-electron chi connectivity index (χ3n) is 3.11. The molecule has 3 heteroatoms. The Labute approximate surface area is 86.4 Å². The molecule has 1 rings (SSSR count). The zero-order valence-corrected chi connectivity index (χ0v) is 9.09. The summed E-state index contributed by atoms with van der Waals surface area (Å²) < 4.78 is 0. The Kier molecular flexibility index (Phi) is 4.94. The lowest BCUT2D eigenvalue weighted by molar-refractivity contribution is -0.122. The van der Waals surface area contributed by atoms with Crippen molar-refractivity contribution >= 4 is 5.91 Å². The number of nitrogens with two attached hydrogens (primary N) is 1. The van der Waals surface area contributed by atoms with E-state index < -0.39 is 0 Å². The van der Waals surface area contributed by atoms with E-state index in [2.05, 4.69) is 12.2 Å². The minimum Gasteiger partial charge on any atom is -0.353 e. The van der Waals surface area contributed by atoms with Crippen LogP contribution in [0.3, 0.4) is 0 Å². The van der Waals surface area contributed by atoms with Gasteiger partial charge in [0.25, 0.3) is 0 Å². The van der Waals surface area contributed by atoms with Gasteiger partial charge in [-0.05, 0) is 25.3 Å². The van der Waals surface area contributed by atoms with Crippen molar-refractivity contribution in [3.05, 3.63) is 0 Å². The van der Waals surface area contributed by atoms with Crippen molar-refractivity contribution in [3.8, 4) is 0 Å². The SMILES string of the molecule is CCC(CN)CC(=O)NC1CCCC1. The normalized spacial score (nSPS) is 19.6. The van der Waals surface area contributed by atoms with Gasteiger partial charge in [-0.15, -0.1) is 0 Å². The van der Waals surface area contributed by atoms with Gasteiger partial charge in [0.15, 0.2) is 0 Å². The van der Waals surface area contributed by atoms with Gasteiger partial charge < -0.3 is 11.1 Å². The van der Waals surface area contributed by atoms with Gasteiger partial charge in [0, 0.05) is 12.5 Å². The summed E-state index contributed by atoms with van der Waals surface area (Å²) in [6, 6.07) is 0.442. The molecule has 0 heterocycles. The number of carbonyl (C=O) groups is 1. The monoisotopic (exact) mass is 198 g/mol. The predicted molar refractivity (Wildman–Crippen MR) is 57.9 cm³/mol. The van der Waals surface area contributed by atoms with Gasteiger partial charge >= 0.3 is 0 Å². The molecule has 3 nitrogen and oxygen atoms in total. The third-order valence-corrected chi connectivity index (χ3v) is 3.11. The first-order chi connectivity index (χ1) is 6.76. The van der Waals surface area contributed by atoms with Crippen LogP contribution in [0.4, 0.5) is 0 Å². The summed E-state index contributed by atoms with van der Waals surface area (Å²) in [5.74, 6) is 0.547. The fraction of sp³-hybridized carbons (Fsp3) is 0.909. The Bertz CT molecular complexity index is 166. The molecule has 0 radical (unpaired) electrons. The molecule has 3 N–H and O–H groups in total. The highest BCUT2D eigenvalue weighted by atomic mass is 16.1. The van der Waals surface area contributed by atoms with E-state index in [0.717, 1.165) is 19.3 Å². The van der Waals surface area contributed by atoms with Crippen molar-refractivity contribution in [1.29, 1.82) is 0 Å². The average Bonchev–Trinajstić information content (AvgIpc) is 2.66. The highest BCUT2D eigenvalue weighted by molar-refractivity contribution is 5.76. The van der Waals surface area contributed by atoms with E-state index in [1.165, 1.54) is 12.8 Å². The van der Waals surface area contributed by atoms with Gasteiger partial charge in [-0.2, -0.15) is 0 Å². The summed E-state index contributed by atoms with van der Waals surface area (Å²) >= 11 is 0. The number of nitrogens with one attached hydrogen (secondary N) is 1. The molecular weight excluding hydrogens is 176 g/mol. The lowest BCUT2D eigenvalue weighted by Crippen LogP contribution is -2.34. The first-order valence-electron chi connectivity index (χ1n) is 5.75. The fourth-order valence-corrected chi connectivity index (χ4v) is 2.01. The number of hydrogen-bond donors (Lipinski definition) is 2. The highest BCUT2D eigenvalue weighted by Crippen LogP contribution is 2.18. The summed E-state index contributed by atoms with van der Waals surface area (Å²) in [7, 11) is 0. The molecule has 1 fully saturated rings. The predicted octanol–water partition coefficient (Wildman–Crippen LogP) is 1.42. The zero-order valence-electron chi connectivity index (χ0n) is 9.09. The molecule has 1 aliphatic rings. The Morgan fingerprint density at radius 2 is 2.14 bits per heavy atom. The molecule has 0 saturated heterocycles. The largest absolute Gasteiger partial charge is 0.353 e. The van der Waals surface area contributed by atoms with Crippen LogP contribution in [0.25, 0.3) is 0 Å². The Morgan fingerprint density at radius 1 is 1.50 bits per heavy atom. The van der Waals surface area contributed by atoms with Crippen LogP contribution in [0.1, 0.15) is 45.4 Å². The zero-order chi connectivity index (χ0) is 10.4. The molecule has 1 atom stereocenters. The fourth-order valence-electron chi connectivity index (χ4n) is 2.01. The van der Waals surface area contributed by atoms with Crippen LogP contribution in [0.5, 0.6) is 0 Å². The molecular formula is C11H22N2O. The van der Waals surface area contributed by atoms with E-state index in [9.17, 15) is 4.79 Å². The van der Waals surface area contributed by atoms with E-state index in [0.29, 0.717) is 24.9 Å². The van der Waals surface area contributed by atoms with Crippen LogP contribution < -0.4 is 11.1 Å². The van der Waals surface area contributed by atoms with Crippen molar-refractivity contribution < 1.29 is 4.79 Å². The molecule has 0 bridgehead atoms. The quantitative estimate of drug-likeness (QED) is 0.702.